The molecule has 2 aromatic rings. The Morgan fingerprint density at radius 3 is 2.76 bits per heavy atom. The molecule has 1 atom stereocenters. The summed E-state index contributed by atoms with van der Waals surface area (Å²) in [6.07, 6.45) is 2.03. The van der Waals surface area contributed by atoms with E-state index in [-0.39, 0.29) is 16.8 Å². The van der Waals surface area contributed by atoms with Gasteiger partial charge in [0, 0.05) is 18.3 Å². The fourth-order valence-corrected chi connectivity index (χ4v) is 3.29. The van der Waals surface area contributed by atoms with Crippen molar-refractivity contribution in [2.24, 2.45) is 0 Å². The van der Waals surface area contributed by atoms with Crippen molar-refractivity contribution in [3.63, 3.8) is 0 Å². The molecule has 25 heavy (non-hydrogen) atoms. The molecule has 0 aliphatic carbocycles. The number of carboxylic acid groups (broad SMARTS) is 1. The third-order valence-electron chi connectivity index (χ3n) is 4.43. The van der Waals surface area contributed by atoms with E-state index < -0.39 is 17.3 Å². The number of carboxylic acids is 1. The molecule has 1 N–H and O–H groups in total. The van der Waals surface area contributed by atoms with E-state index >= 15 is 0 Å². The molecule has 0 aromatic heterocycles. The van der Waals surface area contributed by atoms with E-state index in [9.17, 15) is 9.18 Å². The van der Waals surface area contributed by atoms with Crippen LogP contribution in [0.5, 0.6) is 5.75 Å². The fraction of sp³-hybridized carbons (Fsp3) is 0.316. The first-order valence-electron chi connectivity index (χ1n) is 8.14. The van der Waals surface area contributed by atoms with Crippen LogP contribution in [0.4, 0.5) is 10.1 Å². The van der Waals surface area contributed by atoms with Gasteiger partial charge in [-0.15, -0.1) is 0 Å². The highest BCUT2D eigenvalue weighted by molar-refractivity contribution is 6.32. The zero-order valence-corrected chi connectivity index (χ0v) is 14.6. The molecule has 2 aromatic carbocycles. The summed E-state index contributed by atoms with van der Waals surface area (Å²) >= 11 is 6.03. The maximum Gasteiger partial charge on any atom is 0.338 e. The molecule has 0 saturated carbocycles. The molecule has 1 saturated heterocycles. The number of carbonyl (C=O) groups is 1. The van der Waals surface area contributed by atoms with Crippen LogP contribution in [-0.2, 0) is 0 Å². The minimum absolute atomic E-state index is 0.0960. The highest BCUT2D eigenvalue weighted by Gasteiger charge is 2.26. The maximum atomic E-state index is 13.8. The Labute approximate surface area is 150 Å². The fourth-order valence-electron chi connectivity index (χ4n) is 3.07. The van der Waals surface area contributed by atoms with Crippen LogP contribution in [0.15, 0.2) is 36.4 Å². The minimum atomic E-state index is -1.35. The van der Waals surface area contributed by atoms with Gasteiger partial charge in [-0.2, -0.15) is 0 Å². The van der Waals surface area contributed by atoms with E-state index in [4.69, 9.17) is 21.4 Å². The lowest BCUT2D eigenvalue weighted by Gasteiger charge is -2.27. The third-order valence-corrected chi connectivity index (χ3v) is 4.72. The number of ether oxygens (including phenoxy) is 1. The van der Waals surface area contributed by atoms with Crippen LogP contribution >= 0.6 is 11.6 Å². The summed E-state index contributed by atoms with van der Waals surface area (Å²) < 4.78 is 19.5. The van der Waals surface area contributed by atoms with Crippen LogP contribution in [0.1, 0.15) is 28.8 Å². The number of halogens is 2. The van der Waals surface area contributed by atoms with Crippen molar-refractivity contribution < 1.29 is 19.0 Å². The lowest BCUT2D eigenvalue weighted by Crippen LogP contribution is -2.34. The highest BCUT2D eigenvalue weighted by atomic mass is 35.5. The monoisotopic (exact) mass is 363 g/mol. The summed E-state index contributed by atoms with van der Waals surface area (Å²) in [5.74, 6) is -2.04. The topological polar surface area (TPSA) is 49.8 Å². The zero-order chi connectivity index (χ0) is 18.0. The van der Waals surface area contributed by atoms with Crippen molar-refractivity contribution in [2.75, 3.05) is 18.1 Å². The lowest BCUT2D eigenvalue weighted by atomic mass is 10.2. The van der Waals surface area contributed by atoms with E-state index in [1.165, 1.54) is 5.56 Å². The van der Waals surface area contributed by atoms with Crippen molar-refractivity contribution >= 4 is 23.3 Å². The first-order valence-corrected chi connectivity index (χ1v) is 8.52. The second-order valence-corrected chi connectivity index (χ2v) is 6.61. The number of hydrogen-bond acceptors (Lipinski definition) is 3. The van der Waals surface area contributed by atoms with Gasteiger partial charge >= 0.3 is 5.97 Å². The Morgan fingerprint density at radius 1 is 1.36 bits per heavy atom. The second kappa shape index (κ2) is 7.31. The molecule has 1 aliphatic rings. The van der Waals surface area contributed by atoms with Crippen molar-refractivity contribution in [2.45, 2.75) is 25.8 Å². The molecule has 6 heteroatoms. The minimum Gasteiger partial charge on any atom is -0.490 e. The van der Waals surface area contributed by atoms with Crippen LogP contribution in [0.3, 0.4) is 0 Å². The Kier molecular flexibility index (Phi) is 5.13. The molecule has 0 unspecified atom stereocenters. The number of hydrogen-bond donors (Lipinski definition) is 1. The van der Waals surface area contributed by atoms with Crippen molar-refractivity contribution in [3.05, 3.63) is 58.4 Å². The molecule has 0 bridgehead atoms. The molecule has 0 spiro atoms. The largest absolute Gasteiger partial charge is 0.490 e. The molecule has 1 heterocycles. The van der Waals surface area contributed by atoms with Crippen molar-refractivity contribution in [1.29, 1.82) is 0 Å². The van der Waals surface area contributed by atoms with Gasteiger partial charge in [-0.1, -0.05) is 29.3 Å². The molecule has 132 valence electrons. The van der Waals surface area contributed by atoms with Crippen LogP contribution < -0.4 is 9.64 Å². The molecule has 1 fully saturated rings. The Hall–Kier alpha value is -2.27. The van der Waals surface area contributed by atoms with Crippen LogP contribution in [-0.4, -0.2) is 30.3 Å². The number of aryl methyl sites for hydroxylation is 1. The maximum absolute atomic E-state index is 13.8. The predicted octanol–water partition coefficient (Wildman–Crippen LogP) is 4.53. The number of nitrogens with zero attached hydrogens (tertiary/aromatic N) is 1. The van der Waals surface area contributed by atoms with E-state index in [1.807, 2.05) is 6.92 Å². The number of aromatic carboxylic acids is 1. The molecule has 1 aliphatic heterocycles. The Balaban J connectivity index is 1.71. The van der Waals surface area contributed by atoms with E-state index in [0.29, 0.717) is 6.61 Å². The van der Waals surface area contributed by atoms with Crippen molar-refractivity contribution in [1.82, 2.24) is 0 Å². The summed E-state index contributed by atoms with van der Waals surface area (Å²) in [5, 5.41) is 9.01. The predicted molar refractivity (Wildman–Crippen MR) is 95.4 cm³/mol. The van der Waals surface area contributed by atoms with Gasteiger partial charge in [0.15, 0.2) is 0 Å². The SMILES string of the molecule is Cc1ccc(N2CCC[C@@H]2COc2cc(F)c(C(=O)O)cc2Cl)cc1. The summed E-state index contributed by atoms with van der Waals surface area (Å²) in [5.41, 5.74) is 1.88. The van der Waals surface area contributed by atoms with Crippen LogP contribution in [0.25, 0.3) is 0 Å². The molecule has 3 rings (SSSR count). The lowest BCUT2D eigenvalue weighted by molar-refractivity contribution is 0.0692. The average molecular weight is 364 g/mol. The zero-order valence-electron chi connectivity index (χ0n) is 13.8. The molecule has 0 radical (unpaired) electrons. The van der Waals surface area contributed by atoms with Crippen LogP contribution in [0, 0.1) is 12.7 Å². The van der Waals surface area contributed by atoms with Gasteiger partial charge in [-0.25, -0.2) is 9.18 Å². The molecule has 0 amide bonds. The standard InChI is InChI=1S/C19H19ClFNO3/c1-12-4-6-13(7-5-12)22-8-2-3-14(22)11-25-18-10-17(21)15(19(23)24)9-16(18)20/h4-7,9-10,14H,2-3,8,11H2,1H3,(H,23,24)/t14-/m1/s1. The number of benzene rings is 2. The summed E-state index contributed by atoms with van der Waals surface area (Å²) in [7, 11) is 0. The highest BCUT2D eigenvalue weighted by Crippen LogP contribution is 2.30. The summed E-state index contributed by atoms with van der Waals surface area (Å²) in [6, 6.07) is 10.6. The quantitative estimate of drug-likeness (QED) is 0.847. The van der Waals surface area contributed by atoms with Gasteiger partial charge in [0.25, 0.3) is 0 Å². The number of rotatable bonds is 5. The van der Waals surface area contributed by atoms with E-state index in [0.717, 1.165) is 37.2 Å². The number of anilines is 1. The second-order valence-electron chi connectivity index (χ2n) is 6.20. The van der Waals surface area contributed by atoms with Crippen LogP contribution in [0.2, 0.25) is 5.02 Å². The van der Waals surface area contributed by atoms with Gasteiger partial charge in [0.1, 0.15) is 18.2 Å². The normalized spacial score (nSPS) is 16.9. The molecule has 4 nitrogen and oxygen atoms in total. The van der Waals surface area contributed by atoms with Gasteiger partial charge < -0.3 is 14.7 Å². The van der Waals surface area contributed by atoms with Gasteiger partial charge in [0.05, 0.1) is 16.6 Å². The van der Waals surface area contributed by atoms with Gasteiger partial charge in [0.2, 0.25) is 0 Å². The Bertz CT molecular complexity index is 779. The summed E-state index contributed by atoms with van der Waals surface area (Å²) in [6.45, 7) is 3.35. The van der Waals surface area contributed by atoms with Crippen molar-refractivity contribution in [3.8, 4) is 5.75 Å². The third kappa shape index (κ3) is 3.87. The first-order chi connectivity index (χ1) is 12.0. The van der Waals surface area contributed by atoms with Gasteiger partial charge in [-0.3, -0.25) is 0 Å². The van der Waals surface area contributed by atoms with E-state index in [2.05, 4.69) is 29.2 Å². The smallest absolute Gasteiger partial charge is 0.338 e. The Morgan fingerprint density at radius 2 is 2.08 bits per heavy atom. The molecular weight excluding hydrogens is 345 g/mol. The van der Waals surface area contributed by atoms with Gasteiger partial charge in [-0.05, 0) is 38.0 Å². The molecular formula is C19H19ClFNO3. The average Bonchev–Trinajstić information content (AvgIpc) is 3.04. The first kappa shape index (κ1) is 17.5. The van der Waals surface area contributed by atoms with E-state index in [1.54, 1.807) is 0 Å². The summed E-state index contributed by atoms with van der Waals surface area (Å²) in [4.78, 5) is 13.2.